The Morgan fingerprint density at radius 1 is 0.571 bits per heavy atom. The molecule has 0 atom stereocenters. The van der Waals surface area contributed by atoms with Gasteiger partial charge in [0.05, 0.1) is 0 Å². The Hall–Kier alpha value is 0.498. The Bertz CT molecular complexity index is 118. The summed E-state index contributed by atoms with van der Waals surface area (Å²) in [7, 11) is 0. The molecule has 0 aliphatic heterocycles. The van der Waals surface area contributed by atoms with Gasteiger partial charge in [-0.15, -0.1) is 0 Å². The topological polar surface area (TPSA) is 190 Å². The van der Waals surface area contributed by atoms with E-state index in [0.717, 1.165) is 0 Å². The molecule has 0 aliphatic carbocycles. The average molecular weight is 421 g/mol. The fraction of sp³-hybridized carbons (Fsp3) is 0. The number of hydrogen-bond donors (Lipinski definition) is 0. The van der Waals surface area contributed by atoms with E-state index in [1.54, 1.807) is 0 Å². The van der Waals surface area contributed by atoms with Crippen molar-refractivity contribution in [3.63, 3.8) is 0 Å². The molecule has 0 bridgehead atoms. The molecule has 0 amide bonds. The Labute approximate surface area is 143 Å². The van der Waals surface area contributed by atoms with E-state index in [1.807, 2.05) is 0 Å². The van der Waals surface area contributed by atoms with Crippen molar-refractivity contribution in [3.8, 4) is 0 Å². The summed E-state index contributed by atoms with van der Waals surface area (Å²) in [5.74, 6) is 0. The zero-order chi connectivity index (χ0) is 10.7. The van der Waals surface area contributed by atoms with E-state index in [4.69, 9.17) is 45.0 Å². The van der Waals surface area contributed by atoms with E-state index >= 15 is 0 Å². The molecule has 76 valence electrons. The summed E-state index contributed by atoms with van der Waals surface area (Å²) in [6, 6.07) is 0. The van der Waals surface area contributed by atoms with Crippen LogP contribution in [-0.2, 0) is 32.7 Å². The van der Waals surface area contributed by atoms with Crippen LogP contribution in [0.3, 0.4) is 0 Å². The monoisotopic (exact) mass is 422 g/mol. The molecule has 9 nitrogen and oxygen atoms in total. The zero-order valence-electron chi connectivity index (χ0n) is 6.13. The van der Waals surface area contributed by atoms with Crippen LogP contribution in [0.5, 0.6) is 0 Å². The first-order valence-electron chi connectivity index (χ1n) is 1.84. The second-order valence-corrected chi connectivity index (χ2v) is 0.750. The maximum Gasteiger partial charge on any atom is 3.00 e. The van der Waals surface area contributed by atoms with E-state index in [-0.39, 0.29) is 82.1 Å². The normalized spacial score (nSPS) is 5.14. The minimum absolute atomic E-state index is 0. The third kappa shape index (κ3) is 6650. The molecule has 0 saturated carbocycles. The third-order valence-corrected chi connectivity index (χ3v) is 0. The Morgan fingerprint density at radius 2 is 0.571 bits per heavy atom. The standard InChI is InChI=1S/3CH2O3.Eu.Y/c3*2-1(3)4;;/h3*(H2,2,3,4);;/q;;;2*+3/p-6. The molecule has 0 spiro atoms. The maximum absolute atomic E-state index is 8.33. The zero-order valence-corrected chi connectivity index (χ0v) is 11.4. The van der Waals surface area contributed by atoms with Crippen molar-refractivity contribution in [2.75, 3.05) is 0 Å². The summed E-state index contributed by atoms with van der Waals surface area (Å²) in [4.78, 5) is 25.0. The smallest absolute Gasteiger partial charge is 0.652 e. The molecule has 0 saturated heterocycles. The minimum atomic E-state index is -2.33. The largest absolute Gasteiger partial charge is 3.00 e. The summed E-state index contributed by atoms with van der Waals surface area (Å²) < 4.78 is 0. The molecule has 0 aliphatic rings. The van der Waals surface area contributed by atoms with Gasteiger partial charge in [-0.3, -0.25) is 0 Å². The number of carbonyl (C=O) groups excluding carboxylic acids is 3. The first-order valence-corrected chi connectivity index (χ1v) is 1.84. The summed E-state index contributed by atoms with van der Waals surface area (Å²) in [6.45, 7) is 0. The van der Waals surface area contributed by atoms with Crippen LogP contribution in [0.4, 0.5) is 14.4 Å². The van der Waals surface area contributed by atoms with E-state index in [2.05, 4.69) is 0 Å². The number of carbonyl (C=O) groups is 3. The van der Waals surface area contributed by atoms with Crippen molar-refractivity contribution in [3.05, 3.63) is 0 Å². The van der Waals surface area contributed by atoms with Crippen LogP contribution in [-0.4, -0.2) is 18.5 Å². The molecule has 11 heteroatoms. The molecule has 0 aromatic heterocycles. The molecule has 0 aromatic carbocycles. The van der Waals surface area contributed by atoms with Crippen molar-refractivity contribution < 1.29 is 127 Å². The maximum atomic E-state index is 8.33. The van der Waals surface area contributed by atoms with Crippen LogP contribution in [0.15, 0.2) is 0 Å². The number of rotatable bonds is 0. The van der Waals surface area contributed by atoms with Crippen LogP contribution in [0.25, 0.3) is 0 Å². The van der Waals surface area contributed by atoms with Crippen molar-refractivity contribution in [1.29, 1.82) is 0 Å². The number of carboxylic acid groups (broad SMARTS) is 6. The van der Waals surface area contributed by atoms with Gasteiger partial charge in [0.2, 0.25) is 0 Å². The molecule has 0 fully saturated rings. The predicted molar refractivity (Wildman–Crippen MR) is 16.2 cm³/mol. The molecule has 0 N–H and O–H groups in total. The summed E-state index contributed by atoms with van der Waals surface area (Å²) in [5.41, 5.74) is 0. The molecule has 14 heavy (non-hydrogen) atoms. The van der Waals surface area contributed by atoms with E-state index in [9.17, 15) is 0 Å². The average Bonchev–Trinajstić information content (AvgIpc) is 1.54. The molecule has 0 heterocycles. The predicted octanol–water partition coefficient (Wildman–Crippen LogP) is -7.34. The van der Waals surface area contributed by atoms with E-state index < -0.39 is 18.5 Å². The van der Waals surface area contributed by atoms with Crippen molar-refractivity contribution in [2.24, 2.45) is 0 Å². The number of hydrogen-bond acceptors (Lipinski definition) is 9. The van der Waals surface area contributed by atoms with E-state index in [1.165, 1.54) is 0 Å². The van der Waals surface area contributed by atoms with Gasteiger partial charge in [-0.25, -0.2) is 0 Å². The second-order valence-electron chi connectivity index (χ2n) is 0.750. The van der Waals surface area contributed by atoms with E-state index in [0.29, 0.717) is 0 Å². The molecule has 0 aromatic rings. The quantitative estimate of drug-likeness (QED) is 0.366. The van der Waals surface area contributed by atoms with Crippen LogP contribution in [0, 0.1) is 49.4 Å². The summed E-state index contributed by atoms with van der Waals surface area (Å²) in [6.07, 6.45) is -7.00. The first kappa shape index (κ1) is 29.3. The fourth-order valence-corrected chi connectivity index (χ4v) is 0. The third-order valence-electron chi connectivity index (χ3n) is 0. The van der Waals surface area contributed by atoms with Gasteiger partial charge in [-0.1, -0.05) is 0 Å². The minimum Gasteiger partial charge on any atom is -0.652 e. The van der Waals surface area contributed by atoms with Gasteiger partial charge in [-0.2, -0.15) is 0 Å². The van der Waals surface area contributed by atoms with Crippen LogP contribution < -0.4 is 30.6 Å². The Morgan fingerprint density at radius 3 is 0.571 bits per heavy atom. The molecule has 0 radical (unpaired) electrons. The van der Waals surface area contributed by atoms with Crippen molar-refractivity contribution in [2.45, 2.75) is 0 Å². The van der Waals surface area contributed by atoms with Gasteiger partial charge >= 0.3 is 82.1 Å². The second kappa shape index (κ2) is 23.4. The summed E-state index contributed by atoms with van der Waals surface area (Å²) in [5, 5.41) is 50.0. The van der Waals surface area contributed by atoms with Crippen LogP contribution in [0.2, 0.25) is 0 Å². The van der Waals surface area contributed by atoms with Gasteiger partial charge in [0.1, 0.15) is 0 Å². The van der Waals surface area contributed by atoms with Gasteiger partial charge in [0.15, 0.2) is 0 Å². The van der Waals surface area contributed by atoms with Crippen LogP contribution >= 0.6 is 0 Å². The van der Waals surface area contributed by atoms with Gasteiger partial charge in [0.25, 0.3) is 0 Å². The SMILES string of the molecule is O=C([O-])[O-].O=C([O-])[O-].O=C([O-])[O-].[Eu+3].[Y+3]. The Balaban J connectivity index is -0.0000000270. The summed E-state index contributed by atoms with van der Waals surface area (Å²) >= 11 is 0. The van der Waals surface area contributed by atoms with Crippen molar-refractivity contribution >= 4 is 18.5 Å². The fourth-order valence-electron chi connectivity index (χ4n) is 0. The van der Waals surface area contributed by atoms with Crippen LogP contribution in [0.1, 0.15) is 0 Å². The molecular formula is C3EuO9Y. The first-order chi connectivity index (χ1) is 5.20. The Kier molecular flexibility index (Phi) is 48.9. The van der Waals surface area contributed by atoms with Crippen molar-refractivity contribution in [1.82, 2.24) is 0 Å². The van der Waals surface area contributed by atoms with Gasteiger partial charge in [-0.05, 0) is 18.5 Å². The molecular weight excluding hydrogens is 421 g/mol. The van der Waals surface area contributed by atoms with Gasteiger partial charge in [0, 0.05) is 0 Å². The van der Waals surface area contributed by atoms with Gasteiger partial charge < -0.3 is 45.0 Å². The molecule has 0 rings (SSSR count). The molecule has 0 unspecified atom stereocenters.